The smallest absolute Gasteiger partial charge is 0.304 e. The van der Waals surface area contributed by atoms with Crippen molar-refractivity contribution >= 4 is 5.97 Å². The molecule has 0 bridgehead atoms. The van der Waals surface area contributed by atoms with Gasteiger partial charge < -0.3 is 10.4 Å². The Morgan fingerprint density at radius 1 is 1.19 bits per heavy atom. The summed E-state index contributed by atoms with van der Waals surface area (Å²) in [6, 6.07) is 0.522. The van der Waals surface area contributed by atoms with Crippen molar-refractivity contribution in [3.63, 3.8) is 0 Å². The Hall–Kier alpha value is -0.570. The van der Waals surface area contributed by atoms with Crippen LogP contribution in [0.15, 0.2) is 0 Å². The molecule has 16 heavy (non-hydrogen) atoms. The molecule has 3 heteroatoms. The van der Waals surface area contributed by atoms with Crippen LogP contribution in [0, 0.1) is 5.41 Å². The Labute approximate surface area is 99.6 Å². The first-order valence-electron chi connectivity index (χ1n) is 6.26. The quantitative estimate of drug-likeness (QED) is 0.705. The van der Waals surface area contributed by atoms with E-state index in [1.165, 1.54) is 0 Å². The van der Waals surface area contributed by atoms with E-state index in [2.05, 4.69) is 39.9 Å². The van der Waals surface area contributed by atoms with E-state index < -0.39 is 5.97 Å². The van der Waals surface area contributed by atoms with Crippen LogP contribution in [0.3, 0.4) is 0 Å². The SMILES string of the molecule is CCC(CC)NC(CC(=O)O)CC(C)(C)C. The molecule has 0 radical (unpaired) electrons. The van der Waals surface area contributed by atoms with Crippen LogP contribution in [0.25, 0.3) is 0 Å². The number of nitrogens with one attached hydrogen (secondary N) is 1. The predicted molar refractivity (Wildman–Crippen MR) is 67.6 cm³/mol. The molecule has 96 valence electrons. The van der Waals surface area contributed by atoms with E-state index in [1.54, 1.807) is 0 Å². The molecule has 0 aliphatic rings. The molecular formula is C13H27NO2. The number of carboxylic acid groups (broad SMARTS) is 1. The fourth-order valence-corrected chi connectivity index (χ4v) is 2.00. The van der Waals surface area contributed by atoms with Gasteiger partial charge in [0, 0.05) is 12.1 Å². The Morgan fingerprint density at radius 3 is 2.00 bits per heavy atom. The summed E-state index contributed by atoms with van der Waals surface area (Å²) in [6.07, 6.45) is 3.22. The third-order valence-corrected chi connectivity index (χ3v) is 2.74. The highest BCUT2D eigenvalue weighted by atomic mass is 16.4. The van der Waals surface area contributed by atoms with Crippen molar-refractivity contribution < 1.29 is 9.90 Å². The van der Waals surface area contributed by atoms with Gasteiger partial charge in [0.05, 0.1) is 6.42 Å². The van der Waals surface area contributed by atoms with Crippen molar-refractivity contribution in [1.82, 2.24) is 5.32 Å². The number of hydrogen-bond donors (Lipinski definition) is 2. The minimum Gasteiger partial charge on any atom is -0.481 e. The molecule has 2 N–H and O–H groups in total. The monoisotopic (exact) mass is 229 g/mol. The van der Waals surface area contributed by atoms with Gasteiger partial charge in [0.15, 0.2) is 0 Å². The number of hydrogen-bond acceptors (Lipinski definition) is 2. The molecule has 1 atom stereocenters. The van der Waals surface area contributed by atoms with Gasteiger partial charge in [-0.15, -0.1) is 0 Å². The lowest BCUT2D eigenvalue weighted by molar-refractivity contribution is -0.137. The first-order chi connectivity index (χ1) is 7.28. The van der Waals surface area contributed by atoms with Crippen LogP contribution in [0.4, 0.5) is 0 Å². The van der Waals surface area contributed by atoms with Crippen molar-refractivity contribution in [1.29, 1.82) is 0 Å². The van der Waals surface area contributed by atoms with Gasteiger partial charge in [0.25, 0.3) is 0 Å². The van der Waals surface area contributed by atoms with Gasteiger partial charge in [0.1, 0.15) is 0 Å². The summed E-state index contributed by atoms with van der Waals surface area (Å²) in [5.74, 6) is -0.715. The van der Waals surface area contributed by atoms with Crippen LogP contribution in [0.2, 0.25) is 0 Å². The maximum atomic E-state index is 10.8. The Balaban J connectivity index is 4.36. The molecule has 0 aromatic rings. The molecule has 3 nitrogen and oxygen atoms in total. The summed E-state index contributed by atoms with van der Waals surface area (Å²) in [4.78, 5) is 10.8. The molecule has 0 fully saturated rings. The van der Waals surface area contributed by atoms with E-state index in [1.807, 2.05) is 0 Å². The van der Waals surface area contributed by atoms with Crippen molar-refractivity contribution in [3.05, 3.63) is 0 Å². The van der Waals surface area contributed by atoms with Crippen LogP contribution in [-0.2, 0) is 4.79 Å². The molecule has 0 saturated heterocycles. The molecule has 0 aromatic heterocycles. The van der Waals surface area contributed by atoms with Crippen molar-refractivity contribution in [2.24, 2.45) is 5.41 Å². The van der Waals surface area contributed by atoms with E-state index in [0.29, 0.717) is 6.04 Å². The lowest BCUT2D eigenvalue weighted by Crippen LogP contribution is -2.41. The fourth-order valence-electron chi connectivity index (χ4n) is 2.00. The predicted octanol–water partition coefficient (Wildman–Crippen LogP) is 3.04. The fraction of sp³-hybridized carbons (Fsp3) is 0.923. The van der Waals surface area contributed by atoms with E-state index in [0.717, 1.165) is 19.3 Å². The molecule has 0 aromatic carbocycles. The molecule has 0 rings (SSSR count). The molecule has 0 saturated carbocycles. The van der Waals surface area contributed by atoms with Gasteiger partial charge in [-0.3, -0.25) is 4.79 Å². The van der Waals surface area contributed by atoms with Crippen molar-refractivity contribution in [2.75, 3.05) is 0 Å². The molecule has 1 unspecified atom stereocenters. The normalized spacial score (nSPS) is 14.1. The van der Waals surface area contributed by atoms with E-state index in [4.69, 9.17) is 5.11 Å². The average Bonchev–Trinajstić information content (AvgIpc) is 2.10. The number of carboxylic acids is 1. The first kappa shape index (κ1) is 15.4. The number of carbonyl (C=O) groups is 1. The van der Waals surface area contributed by atoms with Crippen LogP contribution < -0.4 is 5.32 Å². The summed E-state index contributed by atoms with van der Waals surface area (Å²) in [5.41, 5.74) is 0.166. The lowest BCUT2D eigenvalue weighted by atomic mass is 9.86. The Morgan fingerprint density at radius 2 is 1.69 bits per heavy atom. The van der Waals surface area contributed by atoms with Crippen molar-refractivity contribution in [2.45, 2.75) is 72.4 Å². The van der Waals surface area contributed by atoms with Crippen LogP contribution in [0.5, 0.6) is 0 Å². The van der Waals surface area contributed by atoms with Gasteiger partial charge in [0.2, 0.25) is 0 Å². The van der Waals surface area contributed by atoms with Gasteiger partial charge in [-0.1, -0.05) is 34.6 Å². The zero-order valence-corrected chi connectivity index (χ0v) is 11.3. The molecule has 0 heterocycles. The second-order valence-electron chi connectivity index (χ2n) is 5.74. The second-order valence-corrected chi connectivity index (χ2v) is 5.74. The summed E-state index contributed by atoms with van der Waals surface area (Å²) < 4.78 is 0. The summed E-state index contributed by atoms with van der Waals surface area (Å²) in [7, 11) is 0. The summed E-state index contributed by atoms with van der Waals surface area (Å²) in [6.45, 7) is 10.7. The second kappa shape index (κ2) is 6.89. The average molecular weight is 229 g/mol. The first-order valence-corrected chi connectivity index (χ1v) is 6.26. The standard InChI is InChI=1S/C13H27NO2/c1-6-10(7-2)14-11(8-12(15)16)9-13(3,4)5/h10-11,14H,6-9H2,1-5H3,(H,15,16). The zero-order chi connectivity index (χ0) is 12.8. The highest BCUT2D eigenvalue weighted by molar-refractivity contribution is 5.67. The number of aliphatic carboxylic acids is 1. The molecule has 0 aliphatic carbocycles. The largest absolute Gasteiger partial charge is 0.481 e. The van der Waals surface area contributed by atoms with E-state index in [9.17, 15) is 4.79 Å². The maximum absolute atomic E-state index is 10.8. The Kier molecular flexibility index (Phi) is 6.65. The zero-order valence-electron chi connectivity index (χ0n) is 11.3. The van der Waals surface area contributed by atoms with Crippen LogP contribution in [-0.4, -0.2) is 23.2 Å². The lowest BCUT2D eigenvalue weighted by Gasteiger charge is -2.29. The highest BCUT2D eigenvalue weighted by Gasteiger charge is 2.22. The maximum Gasteiger partial charge on any atom is 0.304 e. The van der Waals surface area contributed by atoms with E-state index in [-0.39, 0.29) is 17.9 Å². The van der Waals surface area contributed by atoms with Gasteiger partial charge >= 0.3 is 5.97 Å². The minimum absolute atomic E-state index is 0.0856. The summed E-state index contributed by atoms with van der Waals surface area (Å²) >= 11 is 0. The molecule has 0 aliphatic heterocycles. The van der Waals surface area contributed by atoms with Gasteiger partial charge in [-0.05, 0) is 24.7 Å². The molecular weight excluding hydrogens is 202 g/mol. The van der Waals surface area contributed by atoms with Crippen molar-refractivity contribution in [3.8, 4) is 0 Å². The van der Waals surface area contributed by atoms with Crippen LogP contribution in [0.1, 0.15) is 60.3 Å². The Bertz CT molecular complexity index is 204. The molecule has 0 amide bonds. The van der Waals surface area contributed by atoms with Gasteiger partial charge in [-0.25, -0.2) is 0 Å². The third-order valence-electron chi connectivity index (χ3n) is 2.74. The minimum atomic E-state index is -0.715. The highest BCUT2D eigenvalue weighted by Crippen LogP contribution is 2.22. The summed E-state index contributed by atoms with van der Waals surface area (Å²) in [5, 5.41) is 12.4. The number of rotatable bonds is 7. The topological polar surface area (TPSA) is 49.3 Å². The third kappa shape index (κ3) is 7.69. The molecule has 0 spiro atoms. The van der Waals surface area contributed by atoms with E-state index >= 15 is 0 Å². The van der Waals surface area contributed by atoms with Gasteiger partial charge in [-0.2, -0.15) is 0 Å². The van der Waals surface area contributed by atoms with Crippen LogP contribution >= 0.6 is 0 Å².